The standard InChI is InChI=1S/C28H37NO4/c1-27(2,3)32-25(30)24-18-22(24)17-23(29-26(31)33-28(4,5)6)16-19-12-14-21(15-13-19)20-10-8-7-9-11-20/h7-15,22-24H,16-18H2,1-6H3,(H,29,31). The second kappa shape index (κ2) is 9.98. The summed E-state index contributed by atoms with van der Waals surface area (Å²) < 4.78 is 11.0. The van der Waals surface area contributed by atoms with Crippen LogP contribution in [-0.4, -0.2) is 29.3 Å². The molecule has 1 fully saturated rings. The molecule has 0 bridgehead atoms. The van der Waals surface area contributed by atoms with Gasteiger partial charge in [0.25, 0.3) is 0 Å². The molecule has 3 atom stereocenters. The zero-order chi connectivity index (χ0) is 24.2. The van der Waals surface area contributed by atoms with Crippen LogP contribution in [0.15, 0.2) is 54.6 Å². The fourth-order valence-electron chi connectivity index (χ4n) is 3.96. The van der Waals surface area contributed by atoms with Gasteiger partial charge in [0.2, 0.25) is 0 Å². The molecule has 0 aromatic heterocycles. The average molecular weight is 452 g/mol. The molecular weight excluding hydrogens is 414 g/mol. The van der Waals surface area contributed by atoms with Crippen molar-refractivity contribution < 1.29 is 19.1 Å². The van der Waals surface area contributed by atoms with Crippen molar-refractivity contribution in [3.05, 3.63) is 60.2 Å². The molecule has 33 heavy (non-hydrogen) atoms. The average Bonchev–Trinajstić information content (AvgIpc) is 3.46. The third kappa shape index (κ3) is 8.23. The van der Waals surface area contributed by atoms with Crippen LogP contribution >= 0.6 is 0 Å². The van der Waals surface area contributed by atoms with Gasteiger partial charge >= 0.3 is 12.1 Å². The minimum Gasteiger partial charge on any atom is -0.460 e. The summed E-state index contributed by atoms with van der Waals surface area (Å²) in [5.41, 5.74) is 2.41. The van der Waals surface area contributed by atoms with E-state index in [9.17, 15) is 9.59 Å². The van der Waals surface area contributed by atoms with Crippen molar-refractivity contribution in [1.82, 2.24) is 5.32 Å². The Morgan fingerprint density at radius 1 is 0.879 bits per heavy atom. The van der Waals surface area contributed by atoms with Crippen molar-refractivity contribution in [2.45, 2.75) is 78.0 Å². The Bertz CT molecular complexity index is 939. The molecule has 0 aliphatic heterocycles. The van der Waals surface area contributed by atoms with E-state index in [1.165, 1.54) is 5.56 Å². The Hall–Kier alpha value is -2.82. The lowest BCUT2D eigenvalue weighted by Gasteiger charge is -2.24. The highest BCUT2D eigenvalue weighted by molar-refractivity contribution is 5.76. The predicted octanol–water partition coefficient (Wildman–Crippen LogP) is 6.16. The van der Waals surface area contributed by atoms with Gasteiger partial charge in [0.15, 0.2) is 0 Å². The lowest BCUT2D eigenvalue weighted by molar-refractivity contribution is -0.156. The van der Waals surface area contributed by atoms with Crippen molar-refractivity contribution in [3.63, 3.8) is 0 Å². The number of nitrogens with one attached hydrogen (secondary N) is 1. The highest BCUT2D eigenvalue weighted by Gasteiger charge is 2.46. The topological polar surface area (TPSA) is 64.6 Å². The summed E-state index contributed by atoms with van der Waals surface area (Å²) in [5, 5.41) is 3.03. The van der Waals surface area contributed by atoms with Gasteiger partial charge in [-0.1, -0.05) is 54.6 Å². The van der Waals surface area contributed by atoms with Crippen LogP contribution in [0.5, 0.6) is 0 Å². The van der Waals surface area contributed by atoms with Crippen LogP contribution in [0.4, 0.5) is 4.79 Å². The molecule has 178 valence electrons. The summed E-state index contributed by atoms with van der Waals surface area (Å²) in [7, 11) is 0. The van der Waals surface area contributed by atoms with Crippen LogP contribution in [0.2, 0.25) is 0 Å². The number of carbonyl (C=O) groups excluding carboxylic acids is 2. The van der Waals surface area contributed by atoms with E-state index in [0.717, 1.165) is 17.5 Å². The Morgan fingerprint density at radius 2 is 1.45 bits per heavy atom. The highest BCUT2D eigenvalue weighted by atomic mass is 16.6. The lowest BCUT2D eigenvalue weighted by Crippen LogP contribution is -2.40. The van der Waals surface area contributed by atoms with Gasteiger partial charge in [-0.15, -0.1) is 0 Å². The van der Waals surface area contributed by atoms with E-state index in [2.05, 4.69) is 41.7 Å². The Labute approximate surface area is 197 Å². The summed E-state index contributed by atoms with van der Waals surface area (Å²) in [6.07, 6.45) is 1.76. The van der Waals surface area contributed by atoms with Gasteiger partial charge in [-0.25, -0.2) is 4.79 Å². The summed E-state index contributed by atoms with van der Waals surface area (Å²) >= 11 is 0. The number of rotatable bonds is 7. The molecular formula is C28H37NO4. The predicted molar refractivity (Wildman–Crippen MR) is 131 cm³/mol. The highest BCUT2D eigenvalue weighted by Crippen LogP contribution is 2.44. The first-order chi connectivity index (χ1) is 15.4. The van der Waals surface area contributed by atoms with Gasteiger partial charge in [-0.2, -0.15) is 0 Å². The Kier molecular flexibility index (Phi) is 7.51. The van der Waals surface area contributed by atoms with Gasteiger partial charge < -0.3 is 14.8 Å². The molecule has 1 saturated carbocycles. The SMILES string of the molecule is CC(C)(C)OC(=O)NC(Cc1ccc(-c2ccccc2)cc1)CC1CC1C(=O)OC(C)(C)C. The molecule has 2 aromatic carbocycles. The third-order valence-corrected chi connectivity index (χ3v) is 5.48. The molecule has 0 heterocycles. The molecule has 3 unspecified atom stereocenters. The van der Waals surface area contributed by atoms with E-state index in [0.29, 0.717) is 12.8 Å². The molecule has 1 aliphatic carbocycles. The maximum absolute atomic E-state index is 12.5. The molecule has 5 nitrogen and oxygen atoms in total. The van der Waals surface area contributed by atoms with Crippen LogP contribution in [0.1, 0.15) is 59.9 Å². The quantitative estimate of drug-likeness (QED) is 0.512. The largest absolute Gasteiger partial charge is 0.460 e. The number of alkyl carbamates (subject to hydrolysis) is 1. The van der Waals surface area contributed by atoms with Crippen LogP contribution in [0.3, 0.4) is 0 Å². The first kappa shape index (κ1) is 24.8. The molecule has 1 N–H and O–H groups in total. The van der Waals surface area contributed by atoms with E-state index >= 15 is 0 Å². The van der Waals surface area contributed by atoms with Crippen molar-refractivity contribution in [3.8, 4) is 11.1 Å². The number of ether oxygens (including phenoxy) is 2. The number of hydrogen-bond acceptors (Lipinski definition) is 4. The number of esters is 1. The Morgan fingerprint density at radius 3 is 2.03 bits per heavy atom. The lowest BCUT2D eigenvalue weighted by atomic mass is 9.98. The van der Waals surface area contributed by atoms with Crippen molar-refractivity contribution in [2.75, 3.05) is 0 Å². The van der Waals surface area contributed by atoms with Crippen LogP contribution < -0.4 is 5.32 Å². The molecule has 1 amide bonds. The maximum Gasteiger partial charge on any atom is 0.407 e. The van der Waals surface area contributed by atoms with Crippen molar-refractivity contribution >= 4 is 12.1 Å². The fourth-order valence-corrected chi connectivity index (χ4v) is 3.96. The first-order valence-corrected chi connectivity index (χ1v) is 11.8. The Balaban J connectivity index is 1.66. The van der Waals surface area contributed by atoms with E-state index in [4.69, 9.17) is 9.47 Å². The van der Waals surface area contributed by atoms with Crippen molar-refractivity contribution in [1.29, 1.82) is 0 Å². The number of carbonyl (C=O) groups is 2. The van der Waals surface area contributed by atoms with Crippen molar-refractivity contribution in [2.24, 2.45) is 11.8 Å². The smallest absolute Gasteiger partial charge is 0.407 e. The van der Waals surface area contributed by atoms with Gasteiger partial charge in [-0.3, -0.25) is 4.79 Å². The van der Waals surface area contributed by atoms with Crippen LogP contribution in [-0.2, 0) is 20.7 Å². The van der Waals surface area contributed by atoms with Gasteiger partial charge in [0.05, 0.1) is 5.92 Å². The minimum absolute atomic E-state index is 0.0902. The fraction of sp³-hybridized carbons (Fsp3) is 0.500. The van der Waals surface area contributed by atoms with Crippen LogP contribution in [0.25, 0.3) is 11.1 Å². The summed E-state index contributed by atoms with van der Waals surface area (Å²) in [6.45, 7) is 11.2. The second-order valence-corrected chi connectivity index (χ2v) is 11.0. The normalized spacial score (nSPS) is 18.8. The third-order valence-electron chi connectivity index (χ3n) is 5.48. The van der Waals surface area contributed by atoms with Crippen LogP contribution in [0, 0.1) is 11.8 Å². The molecule has 5 heteroatoms. The number of hydrogen-bond donors (Lipinski definition) is 1. The van der Waals surface area contributed by atoms with E-state index in [1.807, 2.05) is 59.7 Å². The first-order valence-electron chi connectivity index (χ1n) is 11.8. The number of amides is 1. The van der Waals surface area contributed by atoms with Gasteiger partial charge in [0, 0.05) is 6.04 Å². The minimum atomic E-state index is -0.565. The molecule has 0 saturated heterocycles. The molecule has 3 rings (SSSR count). The molecule has 0 radical (unpaired) electrons. The zero-order valence-electron chi connectivity index (χ0n) is 20.7. The maximum atomic E-state index is 12.5. The molecule has 2 aromatic rings. The summed E-state index contributed by atoms with van der Waals surface area (Å²) in [6, 6.07) is 18.5. The number of benzene rings is 2. The van der Waals surface area contributed by atoms with E-state index in [-0.39, 0.29) is 23.8 Å². The molecule has 0 spiro atoms. The van der Waals surface area contributed by atoms with E-state index in [1.54, 1.807) is 0 Å². The zero-order valence-corrected chi connectivity index (χ0v) is 20.7. The monoisotopic (exact) mass is 451 g/mol. The summed E-state index contributed by atoms with van der Waals surface area (Å²) in [5.74, 6) is -0.0215. The van der Waals surface area contributed by atoms with E-state index < -0.39 is 17.3 Å². The van der Waals surface area contributed by atoms with Gasteiger partial charge in [-0.05, 0) is 83.4 Å². The summed E-state index contributed by atoms with van der Waals surface area (Å²) in [4.78, 5) is 24.9. The second-order valence-electron chi connectivity index (χ2n) is 11.0. The molecule has 1 aliphatic rings. The van der Waals surface area contributed by atoms with Gasteiger partial charge in [0.1, 0.15) is 11.2 Å².